The van der Waals surface area contributed by atoms with E-state index in [4.69, 9.17) is 38.3 Å². The zero-order valence-electron chi connectivity index (χ0n) is 43.4. The number of carboxylic acid groups (broad SMARTS) is 1. The molecule has 1 aliphatic rings. The number of aliphatic hydroxyl groups is 1. The number of carbonyl (C=O) groups excluding carboxylic acids is 1. The van der Waals surface area contributed by atoms with Gasteiger partial charge in [0.2, 0.25) is 0 Å². The molecular weight excluding hydrogens is 921 g/mol. The predicted octanol–water partition coefficient (Wildman–Crippen LogP) is 11.1. The first-order chi connectivity index (χ1) is 35.2. The van der Waals surface area contributed by atoms with Crippen molar-refractivity contribution in [3.63, 3.8) is 0 Å². The Balaban J connectivity index is 1.39. The molecule has 1 aliphatic carbocycles. The highest BCUT2D eigenvalue weighted by molar-refractivity contribution is 5.94. The molecular formula is C62H70O11. The summed E-state index contributed by atoms with van der Waals surface area (Å²) in [6.45, 7) is 17.1. The summed E-state index contributed by atoms with van der Waals surface area (Å²) in [6, 6.07) is 42.0. The summed E-state index contributed by atoms with van der Waals surface area (Å²) < 4.78 is 39.5. The number of rotatable bonds is 26. The molecule has 0 spiro atoms. The molecule has 0 aliphatic heterocycles. The van der Waals surface area contributed by atoms with Crippen LogP contribution in [0.15, 0.2) is 121 Å². The fraction of sp³-hybridized carbons (Fsp3) is 0.371. The van der Waals surface area contributed by atoms with Crippen LogP contribution < -0.4 is 4.74 Å². The molecule has 11 heteroatoms. The van der Waals surface area contributed by atoms with Crippen LogP contribution in [0.3, 0.4) is 0 Å². The predicted molar refractivity (Wildman–Crippen MR) is 287 cm³/mol. The van der Waals surface area contributed by atoms with Crippen molar-refractivity contribution < 1.29 is 53.0 Å². The number of aromatic carboxylic acids is 1. The summed E-state index contributed by atoms with van der Waals surface area (Å²) in [5.74, 6) is 1.10. The minimum atomic E-state index is -1.14. The third kappa shape index (κ3) is 13.1. The highest BCUT2D eigenvalue weighted by Gasteiger charge is 2.47. The zero-order chi connectivity index (χ0) is 52.0. The third-order valence-corrected chi connectivity index (χ3v) is 13.3. The smallest absolute Gasteiger partial charge is 0.339 e. The number of hydrogen-bond donors (Lipinski definition) is 2. The summed E-state index contributed by atoms with van der Waals surface area (Å²) in [4.78, 5) is 25.8. The lowest BCUT2D eigenvalue weighted by atomic mass is 9.66. The van der Waals surface area contributed by atoms with Gasteiger partial charge in [0.05, 0.1) is 84.7 Å². The minimum Gasteiger partial charge on any atom is -0.490 e. The average molecular weight is 991 g/mol. The van der Waals surface area contributed by atoms with Crippen molar-refractivity contribution in [2.75, 3.05) is 86.4 Å². The molecule has 0 saturated heterocycles. The summed E-state index contributed by atoms with van der Waals surface area (Å²) in [6.07, 6.45) is 1.43. The van der Waals surface area contributed by atoms with Crippen molar-refractivity contribution in [2.45, 2.75) is 64.4 Å². The Hall–Kier alpha value is -6.24. The number of fused-ring (bicyclic) bond motifs is 3. The van der Waals surface area contributed by atoms with Crippen LogP contribution in [0.1, 0.15) is 96.4 Å². The average Bonchev–Trinajstić information content (AvgIpc) is 3.67. The molecule has 0 bridgehead atoms. The Morgan fingerprint density at radius 1 is 0.548 bits per heavy atom. The fourth-order valence-electron chi connectivity index (χ4n) is 9.37. The lowest BCUT2D eigenvalue weighted by Crippen LogP contribution is -2.29. The van der Waals surface area contributed by atoms with E-state index in [1.165, 1.54) is 17.2 Å². The van der Waals surface area contributed by atoms with E-state index >= 15 is 0 Å². The highest BCUT2D eigenvalue weighted by atomic mass is 16.6. The fourth-order valence-corrected chi connectivity index (χ4v) is 9.37. The number of aliphatic hydroxyl groups excluding tert-OH is 1. The zero-order valence-corrected chi connectivity index (χ0v) is 43.4. The maximum Gasteiger partial charge on any atom is 0.339 e. The molecule has 11 nitrogen and oxygen atoms in total. The van der Waals surface area contributed by atoms with Crippen LogP contribution in [0.2, 0.25) is 0 Å². The molecule has 0 aromatic heterocycles. The van der Waals surface area contributed by atoms with Crippen molar-refractivity contribution in [3.05, 3.63) is 171 Å². The number of methoxy groups -OCH3 is 1. The van der Waals surface area contributed by atoms with Crippen LogP contribution in [0.5, 0.6) is 5.75 Å². The van der Waals surface area contributed by atoms with Gasteiger partial charge in [0.15, 0.2) is 0 Å². The van der Waals surface area contributed by atoms with E-state index in [-0.39, 0.29) is 55.2 Å². The Morgan fingerprint density at radius 2 is 1.01 bits per heavy atom. The van der Waals surface area contributed by atoms with Gasteiger partial charge >= 0.3 is 5.97 Å². The van der Waals surface area contributed by atoms with E-state index in [1.807, 2.05) is 24.1 Å². The van der Waals surface area contributed by atoms with E-state index in [9.17, 15) is 14.7 Å². The van der Waals surface area contributed by atoms with Gasteiger partial charge in [0.25, 0.3) is 0 Å². The summed E-state index contributed by atoms with van der Waals surface area (Å²) in [7, 11) is 1.62. The second-order valence-corrected chi connectivity index (χ2v) is 20.2. The van der Waals surface area contributed by atoms with Crippen molar-refractivity contribution >= 4 is 18.0 Å². The Morgan fingerprint density at radius 3 is 1.51 bits per heavy atom. The molecule has 0 fully saturated rings. The molecule has 0 heterocycles. The number of carboxylic acids is 1. The molecule has 0 amide bonds. The SMILES string of the molecule is COCCOCCOCCOc1ccc(C2(c3ccc(COCCOCCOCCO)c(C=C=O)c3)c3cc(-c4ccc(C(C)(C)C)cc4)ccc3-c3ccc(-c4ccc(C(C)(C)C)cc4)cc32)cc1C(=O)O. The summed E-state index contributed by atoms with van der Waals surface area (Å²) in [5, 5.41) is 19.9. The Kier molecular flexibility index (Phi) is 18.8. The summed E-state index contributed by atoms with van der Waals surface area (Å²) >= 11 is 0. The molecule has 6 aromatic carbocycles. The van der Waals surface area contributed by atoms with E-state index in [1.54, 1.807) is 19.2 Å². The second-order valence-electron chi connectivity index (χ2n) is 20.2. The van der Waals surface area contributed by atoms with Gasteiger partial charge in [0.1, 0.15) is 23.9 Å². The minimum absolute atomic E-state index is 0.00201. The molecule has 0 saturated carbocycles. The maximum atomic E-state index is 13.4. The van der Waals surface area contributed by atoms with Gasteiger partial charge in [-0.1, -0.05) is 133 Å². The first-order valence-corrected chi connectivity index (χ1v) is 25.1. The molecule has 0 radical (unpaired) electrons. The van der Waals surface area contributed by atoms with E-state index in [0.717, 1.165) is 55.6 Å². The van der Waals surface area contributed by atoms with Crippen LogP contribution in [0, 0.1) is 0 Å². The molecule has 0 unspecified atom stereocenters. The standard InChI is InChI=1S/C62H70O11/c1-60(2,3)49-15-8-43(9-16-49)45-13-21-53-54-22-14-46(44-10-17-50(18-11-44)61(4,5)6)40-57(54)62(56(53)39-45,51-19-12-48(47(38-51)24-25-63)42-72-35-34-70-31-30-68-27-26-64)52-20-23-58(55(41-52)59(65)66)73-37-36-71-33-32-69-29-28-67-7/h8-24,38-41,64H,26-37,42H2,1-7H3,(H,65,66). The largest absolute Gasteiger partial charge is 0.490 e. The van der Waals surface area contributed by atoms with Gasteiger partial charge < -0.3 is 43.4 Å². The number of hydrogen-bond acceptors (Lipinski definition) is 10. The third-order valence-electron chi connectivity index (χ3n) is 13.3. The van der Waals surface area contributed by atoms with Crippen molar-refractivity contribution in [2.24, 2.45) is 0 Å². The molecule has 73 heavy (non-hydrogen) atoms. The van der Waals surface area contributed by atoms with Gasteiger partial charge in [-0.2, -0.15) is 0 Å². The normalized spacial score (nSPS) is 12.8. The molecule has 6 aromatic rings. The quantitative estimate of drug-likeness (QED) is 0.0396. The summed E-state index contributed by atoms with van der Waals surface area (Å²) in [5.41, 5.74) is 12.1. The van der Waals surface area contributed by atoms with Gasteiger partial charge in [-0.25, -0.2) is 9.59 Å². The number of carbonyl (C=O) groups is 1. The van der Waals surface area contributed by atoms with E-state index in [2.05, 4.69) is 133 Å². The monoisotopic (exact) mass is 990 g/mol. The number of benzene rings is 6. The van der Waals surface area contributed by atoms with Crippen LogP contribution in [0.4, 0.5) is 0 Å². The lowest BCUT2D eigenvalue weighted by molar-refractivity contribution is 0.00448. The maximum absolute atomic E-state index is 13.4. The van der Waals surface area contributed by atoms with Crippen molar-refractivity contribution in [1.82, 2.24) is 0 Å². The van der Waals surface area contributed by atoms with Crippen LogP contribution in [-0.4, -0.2) is 109 Å². The topological polar surface area (TPSA) is 139 Å². The van der Waals surface area contributed by atoms with Crippen LogP contribution in [0.25, 0.3) is 39.5 Å². The molecule has 7 rings (SSSR count). The molecule has 2 N–H and O–H groups in total. The van der Waals surface area contributed by atoms with Crippen molar-refractivity contribution in [3.8, 4) is 39.1 Å². The van der Waals surface area contributed by atoms with E-state index < -0.39 is 11.4 Å². The Bertz CT molecular complexity index is 2650. The Labute approximate surface area is 430 Å². The first kappa shape index (κ1) is 54.5. The molecule has 384 valence electrons. The van der Waals surface area contributed by atoms with Crippen LogP contribution in [-0.2, 0) is 56.1 Å². The van der Waals surface area contributed by atoms with Crippen molar-refractivity contribution in [1.29, 1.82) is 0 Å². The second kappa shape index (κ2) is 25.1. The van der Waals surface area contributed by atoms with Gasteiger partial charge in [0, 0.05) is 13.2 Å². The van der Waals surface area contributed by atoms with Gasteiger partial charge in [-0.15, -0.1) is 0 Å². The highest BCUT2D eigenvalue weighted by Crippen LogP contribution is 2.58. The van der Waals surface area contributed by atoms with E-state index in [0.29, 0.717) is 64.0 Å². The van der Waals surface area contributed by atoms with Gasteiger partial charge in [-0.3, -0.25) is 0 Å². The van der Waals surface area contributed by atoms with Gasteiger partial charge in [-0.05, 0) is 119 Å². The lowest BCUT2D eigenvalue weighted by Gasteiger charge is -2.35. The number of ether oxygens (including phenoxy) is 7. The molecule has 0 atom stereocenters. The van der Waals surface area contributed by atoms with Crippen LogP contribution >= 0.6 is 0 Å². The first-order valence-electron chi connectivity index (χ1n) is 25.1.